The van der Waals surface area contributed by atoms with E-state index in [2.05, 4.69) is 38.1 Å². The molecule has 0 radical (unpaired) electrons. The highest BCUT2D eigenvalue weighted by Crippen LogP contribution is 2.44. The summed E-state index contributed by atoms with van der Waals surface area (Å²) in [4.78, 5) is 0. The molecule has 5 aromatic rings. The third-order valence-electron chi connectivity index (χ3n) is 5.67. The van der Waals surface area contributed by atoms with Crippen molar-refractivity contribution in [3.63, 3.8) is 0 Å². The summed E-state index contributed by atoms with van der Waals surface area (Å²) >= 11 is 0. The Labute approximate surface area is 171 Å². The van der Waals surface area contributed by atoms with Crippen molar-refractivity contribution in [1.82, 2.24) is 0 Å². The minimum atomic E-state index is 0.114. The first kappa shape index (κ1) is 17.9. The van der Waals surface area contributed by atoms with E-state index in [-0.39, 0.29) is 33.8 Å². The van der Waals surface area contributed by atoms with Crippen LogP contribution in [-0.4, -0.2) is 14.2 Å². The molecule has 6 heteroatoms. The van der Waals surface area contributed by atoms with E-state index in [4.69, 9.17) is 18.3 Å². The maximum Gasteiger partial charge on any atom is 0.193 e. The first-order valence-corrected chi connectivity index (χ1v) is 9.30. The number of fused-ring (bicyclic) bond motifs is 6. The van der Waals surface area contributed by atoms with E-state index in [1.807, 2.05) is 12.1 Å². The van der Waals surface area contributed by atoms with E-state index in [0.29, 0.717) is 11.2 Å². The van der Waals surface area contributed by atoms with Crippen LogP contribution in [0.3, 0.4) is 0 Å². The lowest BCUT2D eigenvalue weighted by Crippen LogP contribution is -1.99. The van der Waals surface area contributed by atoms with Crippen LogP contribution in [-0.2, 0) is 0 Å². The summed E-state index contributed by atoms with van der Waals surface area (Å²) in [5.41, 5.74) is 3.95. The van der Waals surface area contributed by atoms with E-state index < -0.39 is 0 Å². The number of aryl methyl sites for hydroxylation is 2. The van der Waals surface area contributed by atoms with Crippen molar-refractivity contribution >= 4 is 43.9 Å². The van der Waals surface area contributed by atoms with Crippen LogP contribution in [0, 0.1) is 36.5 Å². The minimum absolute atomic E-state index is 0.114. The highest BCUT2D eigenvalue weighted by Gasteiger charge is 2.26. The number of rotatable bonds is 2. The predicted molar refractivity (Wildman–Crippen MR) is 113 cm³/mol. The number of benzene rings is 3. The average Bonchev–Trinajstić information content (AvgIpc) is 2.76. The fourth-order valence-corrected chi connectivity index (χ4v) is 4.03. The monoisotopic (exact) mass is 396 g/mol. The molecule has 1 aromatic heterocycles. The van der Waals surface area contributed by atoms with Crippen LogP contribution in [0.15, 0.2) is 33.1 Å². The fraction of sp³-hybridized carbons (Fsp3) is 0.167. The highest BCUT2D eigenvalue weighted by atomic mass is 16.5. The number of hydrogen-bond acceptors (Lipinski definition) is 6. The number of nitrogens with zero attached hydrogens (tertiary/aromatic N) is 2. The lowest BCUT2D eigenvalue weighted by molar-refractivity contribution is 0.352. The molecule has 0 aliphatic heterocycles. The van der Waals surface area contributed by atoms with Gasteiger partial charge in [0, 0.05) is 0 Å². The molecule has 0 atom stereocenters. The zero-order valence-electron chi connectivity index (χ0n) is 16.8. The van der Waals surface area contributed by atoms with Gasteiger partial charge in [-0.3, -0.25) is 0 Å². The van der Waals surface area contributed by atoms with Gasteiger partial charge in [-0.2, -0.15) is 10.5 Å². The third-order valence-corrected chi connectivity index (χ3v) is 5.67. The number of hydrogen-bond donors (Lipinski definition) is 0. The van der Waals surface area contributed by atoms with Gasteiger partial charge < -0.3 is 18.3 Å². The van der Waals surface area contributed by atoms with Gasteiger partial charge in [0.15, 0.2) is 33.8 Å². The Morgan fingerprint density at radius 1 is 0.667 bits per heavy atom. The third kappa shape index (κ3) is 2.16. The molecule has 4 aromatic carbocycles. The molecule has 0 bridgehead atoms. The van der Waals surface area contributed by atoms with Crippen LogP contribution in [0.2, 0.25) is 0 Å². The lowest BCUT2D eigenvalue weighted by Gasteiger charge is -2.16. The van der Waals surface area contributed by atoms with E-state index in [9.17, 15) is 10.5 Å². The number of ether oxygens (including phenoxy) is 2. The molecule has 5 rings (SSSR count). The van der Waals surface area contributed by atoms with Gasteiger partial charge in [0.2, 0.25) is 0 Å². The minimum Gasteiger partial charge on any atom is -0.491 e. The number of methoxy groups -OCH3 is 2. The Kier molecular flexibility index (Phi) is 3.68. The summed E-state index contributed by atoms with van der Waals surface area (Å²) < 4.78 is 22.9. The van der Waals surface area contributed by atoms with Crippen LogP contribution in [0.1, 0.15) is 22.3 Å². The van der Waals surface area contributed by atoms with Crippen LogP contribution < -0.4 is 9.47 Å². The van der Waals surface area contributed by atoms with Crippen molar-refractivity contribution in [2.75, 3.05) is 14.2 Å². The summed E-state index contributed by atoms with van der Waals surface area (Å²) in [5.74, 6) is 0.283. The van der Waals surface area contributed by atoms with Crippen LogP contribution in [0.25, 0.3) is 43.9 Å². The Balaban J connectivity index is 1.94. The van der Waals surface area contributed by atoms with E-state index in [0.717, 1.165) is 21.5 Å². The molecule has 0 fully saturated rings. The summed E-state index contributed by atoms with van der Waals surface area (Å²) in [7, 11) is 2.82. The molecule has 0 amide bonds. The second kappa shape index (κ2) is 6.17. The van der Waals surface area contributed by atoms with Gasteiger partial charge in [-0.25, -0.2) is 0 Å². The van der Waals surface area contributed by atoms with E-state index >= 15 is 0 Å². The molecule has 0 N–H and O–H groups in total. The second-order valence-corrected chi connectivity index (χ2v) is 7.23. The zero-order chi connectivity index (χ0) is 21.2. The van der Waals surface area contributed by atoms with Gasteiger partial charge in [0.25, 0.3) is 0 Å². The quantitative estimate of drug-likeness (QED) is 0.347. The van der Waals surface area contributed by atoms with Crippen molar-refractivity contribution in [2.45, 2.75) is 13.8 Å². The molecule has 0 aliphatic carbocycles. The molecule has 0 saturated heterocycles. The van der Waals surface area contributed by atoms with Crippen LogP contribution in [0.4, 0.5) is 0 Å². The highest BCUT2D eigenvalue weighted by molar-refractivity contribution is 6.27. The first-order valence-electron chi connectivity index (χ1n) is 9.30. The Morgan fingerprint density at radius 2 is 1.03 bits per heavy atom. The largest absolute Gasteiger partial charge is 0.491 e. The SMILES string of the molecule is COc1c(OC)c(C#N)c2oc3cc4c5cc(C)c(C)cc5c4cc3oc2c1C#N. The van der Waals surface area contributed by atoms with Crippen molar-refractivity contribution in [1.29, 1.82) is 10.5 Å². The topological polar surface area (TPSA) is 92.3 Å². The van der Waals surface area contributed by atoms with Gasteiger partial charge in [-0.15, -0.1) is 0 Å². The van der Waals surface area contributed by atoms with Crippen LogP contribution >= 0.6 is 0 Å². The van der Waals surface area contributed by atoms with Crippen molar-refractivity contribution in [3.05, 3.63) is 46.5 Å². The van der Waals surface area contributed by atoms with Crippen molar-refractivity contribution in [2.24, 2.45) is 0 Å². The maximum absolute atomic E-state index is 9.73. The normalized spacial score (nSPS) is 11.3. The summed E-state index contributed by atoms with van der Waals surface area (Å²) in [6.07, 6.45) is 0. The Bertz CT molecular complexity index is 1490. The van der Waals surface area contributed by atoms with Crippen LogP contribution in [0.5, 0.6) is 11.5 Å². The summed E-state index contributed by atoms with van der Waals surface area (Å²) in [6.45, 7) is 4.17. The summed E-state index contributed by atoms with van der Waals surface area (Å²) in [6, 6.07) is 12.3. The molecular formula is C24H16N2O4. The first-order chi connectivity index (χ1) is 14.5. The van der Waals surface area contributed by atoms with E-state index in [1.54, 1.807) is 0 Å². The van der Waals surface area contributed by atoms with Gasteiger partial charge in [0.1, 0.15) is 23.3 Å². The van der Waals surface area contributed by atoms with Crippen molar-refractivity contribution in [3.8, 4) is 23.6 Å². The predicted octanol–water partition coefficient (Wildman–Crippen LogP) is 5.86. The smallest absolute Gasteiger partial charge is 0.193 e. The molecule has 0 spiro atoms. The number of nitriles is 2. The average molecular weight is 396 g/mol. The second-order valence-electron chi connectivity index (χ2n) is 7.23. The zero-order valence-corrected chi connectivity index (χ0v) is 16.8. The van der Waals surface area contributed by atoms with E-state index in [1.165, 1.54) is 25.3 Å². The van der Waals surface area contributed by atoms with Gasteiger partial charge in [-0.1, -0.05) is 12.1 Å². The molecule has 6 nitrogen and oxygen atoms in total. The van der Waals surface area contributed by atoms with Gasteiger partial charge in [0.05, 0.1) is 14.2 Å². The molecule has 0 saturated carbocycles. The molecule has 30 heavy (non-hydrogen) atoms. The standard InChI is InChI=1S/C24H16N2O4/c1-11-5-13-14(6-12(11)2)16-8-20-19(7-15(13)16)29-23-17(9-25)21(27-3)22(28-4)18(10-26)24(23)30-20/h5-8H,1-4H3. The molecule has 1 heterocycles. The Morgan fingerprint density at radius 3 is 1.37 bits per heavy atom. The van der Waals surface area contributed by atoms with Gasteiger partial charge in [-0.05, 0) is 58.7 Å². The molecule has 0 unspecified atom stereocenters. The van der Waals surface area contributed by atoms with Gasteiger partial charge >= 0.3 is 0 Å². The fourth-order valence-electron chi connectivity index (χ4n) is 4.03. The molecular weight excluding hydrogens is 380 g/mol. The molecule has 146 valence electrons. The lowest BCUT2D eigenvalue weighted by atomic mass is 9.90. The molecule has 0 aliphatic rings. The Hall–Kier alpha value is -4.16. The van der Waals surface area contributed by atoms with Crippen molar-refractivity contribution < 1.29 is 18.3 Å². The summed E-state index contributed by atoms with van der Waals surface area (Å²) in [5, 5.41) is 23.9. The maximum atomic E-state index is 9.73.